The van der Waals surface area contributed by atoms with Crippen molar-refractivity contribution < 1.29 is 9.32 Å². The van der Waals surface area contributed by atoms with E-state index in [2.05, 4.69) is 10.5 Å². The minimum atomic E-state index is -0.0175. The van der Waals surface area contributed by atoms with Crippen molar-refractivity contribution in [2.24, 2.45) is 0 Å². The van der Waals surface area contributed by atoms with Crippen LogP contribution in [0.5, 0.6) is 0 Å². The van der Waals surface area contributed by atoms with E-state index in [0.29, 0.717) is 11.4 Å². The average molecular weight is 311 g/mol. The van der Waals surface area contributed by atoms with Crippen LogP contribution in [0.15, 0.2) is 34.9 Å². The Balaban J connectivity index is 1.67. The van der Waals surface area contributed by atoms with Gasteiger partial charge in [0.1, 0.15) is 5.76 Å². The Morgan fingerprint density at radius 2 is 2.30 bits per heavy atom. The molecule has 1 aromatic carbocycles. The van der Waals surface area contributed by atoms with Gasteiger partial charge in [-0.15, -0.1) is 0 Å². The fourth-order valence-corrected chi connectivity index (χ4v) is 2.63. The first-order valence-electron chi connectivity index (χ1n) is 6.19. The van der Waals surface area contributed by atoms with Crippen LogP contribution in [-0.2, 0) is 10.5 Å². The molecule has 0 bridgehead atoms. The summed E-state index contributed by atoms with van der Waals surface area (Å²) in [6.07, 6.45) is 0.452. The van der Waals surface area contributed by atoms with E-state index in [1.54, 1.807) is 30.0 Å². The normalized spacial score (nSPS) is 10.5. The maximum Gasteiger partial charge on any atom is 0.225 e. The number of nitrogens with zero attached hydrogens (tertiary/aromatic N) is 1. The molecule has 1 heterocycles. The molecule has 0 fully saturated rings. The molecule has 1 N–H and O–H groups in total. The van der Waals surface area contributed by atoms with Gasteiger partial charge in [-0.05, 0) is 25.1 Å². The summed E-state index contributed by atoms with van der Waals surface area (Å²) in [4.78, 5) is 11.7. The van der Waals surface area contributed by atoms with Crippen molar-refractivity contribution in [2.75, 3.05) is 11.1 Å². The van der Waals surface area contributed by atoms with E-state index in [1.807, 2.05) is 19.1 Å². The number of hydrogen-bond donors (Lipinski definition) is 1. The van der Waals surface area contributed by atoms with Gasteiger partial charge in [-0.25, -0.2) is 0 Å². The number of carbonyl (C=O) groups excluding carboxylic acids is 1. The molecule has 1 aromatic heterocycles. The lowest BCUT2D eigenvalue weighted by Crippen LogP contribution is -2.12. The molecular formula is C14H15ClN2O2S. The second-order valence-electron chi connectivity index (χ2n) is 4.29. The number of aryl methyl sites for hydroxylation is 1. The zero-order chi connectivity index (χ0) is 14.4. The number of amides is 1. The highest BCUT2D eigenvalue weighted by atomic mass is 35.5. The first-order valence-corrected chi connectivity index (χ1v) is 7.72. The molecule has 0 atom stereocenters. The molecule has 0 radical (unpaired) electrons. The van der Waals surface area contributed by atoms with Crippen molar-refractivity contribution in [3.63, 3.8) is 0 Å². The molecule has 20 heavy (non-hydrogen) atoms. The van der Waals surface area contributed by atoms with Crippen LogP contribution in [0.4, 0.5) is 5.69 Å². The lowest BCUT2D eigenvalue weighted by Gasteiger charge is -2.05. The van der Waals surface area contributed by atoms with Gasteiger partial charge in [-0.1, -0.05) is 22.8 Å². The molecule has 106 valence electrons. The van der Waals surface area contributed by atoms with Crippen LogP contribution in [-0.4, -0.2) is 16.8 Å². The van der Waals surface area contributed by atoms with Gasteiger partial charge in [0.05, 0.1) is 5.69 Å². The molecule has 0 unspecified atom stereocenters. The third-order valence-electron chi connectivity index (χ3n) is 2.51. The van der Waals surface area contributed by atoms with Crippen LogP contribution >= 0.6 is 23.4 Å². The summed E-state index contributed by atoms with van der Waals surface area (Å²) in [6.45, 7) is 1.86. The second-order valence-corrected chi connectivity index (χ2v) is 5.83. The van der Waals surface area contributed by atoms with E-state index in [0.717, 1.165) is 28.6 Å². The maximum atomic E-state index is 11.7. The Morgan fingerprint density at radius 1 is 1.45 bits per heavy atom. The smallest absolute Gasteiger partial charge is 0.225 e. The van der Waals surface area contributed by atoms with Gasteiger partial charge in [0.2, 0.25) is 5.91 Å². The second kappa shape index (κ2) is 7.36. The van der Waals surface area contributed by atoms with Crippen molar-refractivity contribution >= 4 is 35.0 Å². The van der Waals surface area contributed by atoms with Crippen molar-refractivity contribution in [1.82, 2.24) is 5.16 Å². The molecule has 2 rings (SSSR count). The summed E-state index contributed by atoms with van der Waals surface area (Å²) in [7, 11) is 0. The van der Waals surface area contributed by atoms with Gasteiger partial charge < -0.3 is 9.84 Å². The number of benzene rings is 1. The molecule has 0 aliphatic heterocycles. The molecular weight excluding hydrogens is 296 g/mol. The zero-order valence-corrected chi connectivity index (χ0v) is 12.6. The van der Waals surface area contributed by atoms with Crippen molar-refractivity contribution in [1.29, 1.82) is 0 Å². The van der Waals surface area contributed by atoms with E-state index in [9.17, 15) is 4.79 Å². The van der Waals surface area contributed by atoms with Crippen LogP contribution in [0, 0.1) is 6.92 Å². The van der Waals surface area contributed by atoms with Gasteiger partial charge >= 0.3 is 0 Å². The van der Waals surface area contributed by atoms with Crippen LogP contribution in [0.2, 0.25) is 5.02 Å². The van der Waals surface area contributed by atoms with E-state index in [-0.39, 0.29) is 5.91 Å². The molecule has 0 spiro atoms. The van der Waals surface area contributed by atoms with E-state index in [1.165, 1.54) is 0 Å². The summed E-state index contributed by atoms with van der Waals surface area (Å²) in [5, 5.41) is 7.32. The highest BCUT2D eigenvalue weighted by Crippen LogP contribution is 2.16. The number of thioether (sulfide) groups is 1. The van der Waals surface area contributed by atoms with Crippen molar-refractivity contribution in [3.05, 3.63) is 46.8 Å². The lowest BCUT2D eigenvalue weighted by molar-refractivity contribution is -0.115. The van der Waals surface area contributed by atoms with Crippen LogP contribution in [0.1, 0.15) is 17.9 Å². The molecule has 1 amide bonds. The zero-order valence-electron chi connectivity index (χ0n) is 11.1. The van der Waals surface area contributed by atoms with E-state index in [4.69, 9.17) is 16.1 Å². The summed E-state index contributed by atoms with van der Waals surface area (Å²) >= 11 is 7.51. The van der Waals surface area contributed by atoms with Gasteiger partial charge in [-0.2, -0.15) is 11.8 Å². The SMILES string of the molecule is Cc1cc(CSCCC(=O)Nc2cccc(Cl)c2)no1. The Hall–Kier alpha value is -1.46. The fourth-order valence-electron chi connectivity index (χ4n) is 1.62. The number of hydrogen-bond acceptors (Lipinski definition) is 4. The minimum absolute atomic E-state index is 0.0175. The summed E-state index contributed by atoms with van der Waals surface area (Å²) in [5.74, 6) is 2.27. The summed E-state index contributed by atoms with van der Waals surface area (Å²) in [6, 6.07) is 9.02. The molecule has 2 aromatic rings. The molecule has 0 saturated carbocycles. The van der Waals surface area contributed by atoms with Crippen molar-refractivity contribution in [3.8, 4) is 0 Å². The number of rotatable bonds is 6. The largest absolute Gasteiger partial charge is 0.361 e. The molecule has 6 heteroatoms. The third-order valence-corrected chi connectivity index (χ3v) is 3.74. The number of aromatic nitrogens is 1. The quantitative estimate of drug-likeness (QED) is 0.822. The predicted molar refractivity (Wildman–Crippen MR) is 82.1 cm³/mol. The molecule has 4 nitrogen and oxygen atoms in total. The Kier molecular flexibility index (Phi) is 5.49. The first kappa shape index (κ1) is 14.9. The molecule has 0 aliphatic rings. The molecule has 0 saturated heterocycles. The van der Waals surface area contributed by atoms with E-state index >= 15 is 0 Å². The van der Waals surface area contributed by atoms with Crippen LogP contribution in [0.3, 0.4) is 0 Å². The maximum absolute atomic E-state index is 11.7. The Bertz CT molecular complexity index is 586. The predicted octanol–water partition coefficient (Wildman–Crippen LogP) is 3.90. The third kappa shape index (κ3) is 4.90. The lowest BCUT2D eigenvalue weighted by atomic mass is 10.3. The fraction of sp³-hybridized carbons (Fsp3) is 0.286. The number of anilines is 1. The number of carbonyl (C=O) groups is 1. The first-order chi connectivity index (χ1) is 9.63. The minimum Gasteiger partial charge on any atom is -0.361 e. The van der Waals surface area contributed by atoms with Gasteiger partial charge in [0.15, 0.2) is 0 Å². The van der Waals surface area contributed by atoms with Gasteiger partial charge in [0, 0.05) is 34.7 Å². The molecule has 0 aliphatic carbocycles. The Labute approximate surface area is 126 Å². The number of halogens is 1. The standard InChI is InChI=1S/C14H15ClN2O2S/c1-10-7-13(17-19-10)9-20-6-5-14(18)16-12-4-2-3-11(15)8-12/h2-4,7-8H,5-6,9H2,1H3,(H,16,18). The highest BCUT2D eigenvalue weighted by molar-refractivity contribution is 7.98. The van der Waals surface area contributed by atoms with Crippen LogP contribution < -0.4 is 5.32 Å². The summed E-state index contributed by atoms with van der Waals surface area (Å²) in [5.41, 5.74) is 1.63. The van der Waals surface area contributed by atoms with E-state index < -0.39 is 0 Å². The van der Waals surface area contributed by atoms with Crippen molar-refractivity contribution in [2.45, 2.75) is 19.1 Å². The summed E-state index contributed by atoms with van der Waals surface area (Å²) < 4.78 is 4.98. The van der Waals surface area contributed by atoms with Crippen LogP contribution in [0.25, 0.3) is 0 Å². The van der Waals surface area contributed by atoms with Gasteiger partial charge in [-0.3, -0.25) is 4.79 Å². The Morgan fingerprint density at radius 3 is 3.00 bits per heavy atom. The monoisotopic (exact) mass is 310 g/mol. The van der Waals surface area contributed by atoms with Gasteiger partial charge in [0.25, 0.3) is 0 Å². The topological polar surface area (TPSA) is 55.1 Å². The average Bonchev–Trinajstić information content (AvgIpc) is 2.80. The number of nitrogens with one attached hydrogen (secondary N) is 1. The highest BCUT2D eigenvalue weighted by Gasteiger charge is 2.04.